The minimum Gasteiger partial charge on any atom is -0.480 e. The quantitative estimate of drug-likeness (QED) is 0.570. The molecule has 0 aliphatic rings. The first-order chi connectivity index (χ1) is 6.13. The van der Waals surface area contributed by atoms with Gasteiger partial charge in [0.1, 0.15) is 0 Å². The summed E-state index contributed by atoms with van der Waals surface area (Å²) in [6, 6.07) is 0. The van der Waals surface area contributed by atoms with Gasteiger partial charge in [-0.3, -0.25) is 4.79 Å². The summed E-state index contributed by atoms with van der Waals surface area (Å²) in [6.45, 7) is 5.36. The lowest BCUT2D eigenvalue weighted by molar-refractivity contribution is -0.135. The Hall–Kier alpha value is -0.570. The van der Waals surface area contributed by atoms with E-state index in [1.54, 1.807) is 0 Å². The number of carboxylic acid groups (broad SMARTS) is 1. The van der Waals surface area contributed by atoms with E-state index in [1.165, 1.54) is 19.3 Å². The number of carboxylic acids is 1. The van der Waals surface area contributed by atoms with Crippen molar-refractivity contribution >= 4 is 5.97 Å². The summed E-state index contributed by atoms with van der Waals surface area (Å²) in [4.78, 5) is 10.1. The molecule has 13 heavy (non-hydrogen) atoms. The molecule has 0 unspecified atom stereocenters. The van der Waals surface area contributed by atoms with E-state index in [0.717, 1.165) is 18.9 Å². The van der Waals surface area contributed by atoms with Crippen LogP contribution in [0, 0.1) is 5.92 Å². The minimum atomic E-state index is -0.776. The zero-order valence-electron chi connectivity index (χ0n) is 8.68. The molecule has 0 aromatic heterocycles. The topological polar surface area (TPSA) is 49.3 Å². The van der Waals surface area contributed by atoms with Crippen LogP contribution in [0.1, 0.15) is 39.5 Å². The van der Waals surface area contributed by atoms with Crippen molar-refractivity contribution in [3.8, 4) is 0 Å². The van der Waals surface area contributed by atoms with E-state index in [-0.39, 0.29) is 6.54 Å². The van der Waals surface area contributed by atoms with Crippen LogP contribution in [0.15, 0.2) is 0 Å². The summed E-state index contributed by atoms with van der Waals surface area (Å²) in [6.07, 6.45) is 4.82. The van der Waals surface area contributed by atoms with E-state index in [4.69, 9.17) is 5.11 Å². The van der Waals surface area contributed by atoms with Crippen molar-refractivity contribution in [1.29, 1.82) is 0 Å². The third-order valence-electron chi connectivity index (χ3n) is 1.91. The molecule has 0 aromatic carbocycles. The Kier molecular flexibility index (Phi) is 7.69. The summed E-state index contributed by atoms with van der Waals surface area (Å²) < 4.78 is 0. The summed E-state index contributed by atoms with van der Waals surface area (Å²) in [7, 11) is 0. The fourth-order valence-electron chi connectivity index (χ4n) is 1.17. The lowest BCUT2D eigenvalue weighted by Crippen LogP contribution is -2.23. The minimum absolute atomic E-state index is 0.0875. The molecule has 3 nitrogen and oxygen atoms in total. The van der Waals surface area contributed by atoms with E-state index in [2.05, 4.69) is 19.2 Å². The molecule has 0 amide bonds. The lowest BCUT2D eigenvalue weighted by Gasteiger charge is -2.04. The van der Waals surface area contributed by atoms with Crippen LogP contribution >= 0.6 is 0 Å². The van der Waals surface area contributed by atoms with Gasteiger partial charge in [0.25, 0.3) is 0 Å². The van der Waals surface area contributed by atoms with Gasteiger partial charge in [-0.25, -0.2) is 0 Å². The maximum absolute atomic E-state index is 10.1. The van der Waals surface area contributed by atoms with Gasteiger partial charge >= 0.3 is 5.97 Å². The molecule has 0 heterocycles. The summed E-state index contributed by atoms with van der Waals surface area (Å²) >= 11 is 0. The largest absolute Gasteiger partial charge is 0.480 e. The molecule has 0 atom stereocenters. The van der Waals surface area contributed by atoms with Crippen molar-refractivity contribution in [3.63, 3.8) is 0 Å². The Balaban J connectivity index is 2.96. The molecule has 0 fully saturated rings. The first kappa shape index (κ1) is 12.4. The van der Waals surface area contributed by atoms with Gasteiger partial charge in [-0.2, -0.15) is 0 Å². The molecule has 0 aliphatic heterocycles. The predicted octanol–water partition coefficient (Wildman–Crippen LogP) is 1.88. The molecule has 0 aliphatic carbocycles. The second-order valence-electron chi connectivity index (χ2n) is 3.81. The number of nitrogens with one attached hydrogen (secondary N) is 1. The average molecular weight is 187 g/mol. The Morgan fingerprint density at radius 2 is 2.00 bits per heavy atom. The molecule has 0 saturated carbocycles. The van der Waals surface area contributed by atoms with Gasteiger partial charge < -0.3 is 10.4 Å². The number of unbranched alkanes of at least 4 members (excludes halogenated alkanes) is 2. The van der Waals surface area contributed by atoms with Crippen molar-refractivity contribution in [2.75, 3.05) is 13.1 Å². The molecule has 0 rings (SSSR count). The highest BCUT2D eigenvalue weighted by atomic mass is 16.4. The highest BCUT2D eigenvalue weighted by Crippen LogP contribution is 2.07. The van der Waals surface area contributed by atoms with Crippen LogP contribution in [0.25, 0.3) is 0 Å². The SMILES string of the molecule is CC(C)CCCCCNCC(=O)O. The average Bonchev–Trinajstić information content (AvgIpc) is 2.01. The maximum atomic E-state index is 10.1. The van der Waals surface area contributed by atoms with Crippen LogP contribution in [0.3, 0.4) is 0 Å². The Morgan fingerprint density at radius 3 is 2.54 bits per heavy atom. The van der Waals surface area contributed by atoms with Crippen LogP contribution in [-0.2, 0) is 4.79 Å². The Labute approximate surface area is 80.5 Å². The van der Waals surface area contributed by atoms with Gasteiger partial charge in [0.2, 0.25) is 0 Å². The number of aliphatic carboxylic acids is 1. The third-order valence-corrected chi connectivity index (χ3v) is 1.91. The van der Waals surface area contributed by atoms with Crippen LogP contribution in [0.2, 0.25) is 0 Å². The molecule has 78 valence electrons. The molecule has 0 saturated heterocycles. The monoisotopic (exact) mass is 187 g/mol. The summed E-state index contributed by atoms with van der Waals surface area (Å²) in [5.74, 6) is 0.00848. The first-order valence-corrected chi connectivity index (χ1v) is 5.05. The lowest BCUT2D eigenvalue weighted by atomic mass is 10.1. The first-order valence-electron chi connectivity index (χ1n) is 5.05. The molecule has 3 heteroatoms. The molecule has 0 bridgehead atoms. The van der Waals surface area contributed by atoms with Gasteiger partial charge in [-0.1, -0.05) is 33.1 Å². The number of rotatable bonds is 8. The summed E-state index contributed by atoms with van der Waals surface area (Å²) in [5.41, 5.74) is 0. The van der Waals surface area contributed by atoms with Crippen LogP contribution < -0.4 is 5.32 Å². The number of carbonyl (C=O) groups is 1. The zero-order valence-corrected chi connectivity index (χ0v) is 8.68. The van der Waals surface area contributed by atoms with Crippen molar-refractivity contribution < 1.29 is 9.90 Å². The normalized spacial score (nSPS) is 10.7. The smallest absolute Gasteiger partial charge is 0.317 e. The second kappa shape index (κ2) is 8.05. The molecule has 2 N–H and O–H groups in total. The van der Waals surface area contributed by atoms with E-state index in [0.29, 0.717) is 0 Å². The van der Waals surface area contributed by atoms with E-state index >= 15 is 0 Å². The summed E-state index contributed by atoms with van der Waals surface area (Å²) in [5, 5.41) is 11.2. The van der Waals surface area contributed by atoms with Gasteiger partial charge in [-0.05, 0) is 18.9 Å². The van der Waals surface area contributed by atoms with Crippen molar-refractivity contribution in [2.45, 2.75) is 39.5 Å². The predicted molar refractivity (Wildman–Crippen MR) is 53.8 cm³/mol. The van der Waals surface area contributed by atoms with Crippen molar-refractivity contribution in [2.24, 2.45) is 5.92 Å². The second-order valence-corrected chi connectivity index (χ2v) is 3.81. The molecular weight excluding hydrogens is 166 g/mol. The Morgan fingerprint density at radius 1 is 1.31 bits per heavy atom. The highest BCUT2D eigenvalue weighted by molar-refractivity contribution is 5.68. The van der Waals surface area contributed by atoms with Crippen LogP contribution in [0.4, 0.5) is 0 Å². The van der Waals surface area contributed by atoms with Gasteiger partial charge in [0.05, 0.1) is 6.54 Å². The third kappa shape index (κ3) is 11.4. The van der Waals surface area contributed by atoms with Gasteiger partial charge in [0, 0.05) is 0 Å². The fraction of sp³-hybridized carbons (Fsp3) is 0.900. The van der Waals surface area contributed by atoms with Gasteiger partial charge in [-0.15, -0.1) is 0 Å². The molecular formula is C10H21NO2. The molecule has 0 spiro atoms. The number of hydrogen-bond donors (Lipinski definition) is 2. The van der Waals surface area contributed by atoms with Crippen molar-refractivity contribution in [3.05, 3.63) is 0 Å². The van der Waals surface area contributed by atoms with E-state index in [1.807, 2.05) is 0 Å². The van der Waals surface area contributed by atoms with E-state index in [9.17, 15) is 4.79 Å². The highest BCUT2D eigenvalue weighted by Gasteiger charge is 1.96. The number of hydrogen-bond acceptors (Lipinski definition) is 2. The van der Waals surface area contributed by atoms with E-state index < -0.39 is 5.97 Å². The molecule has 0 aromatic rings. The zero-order chi connectivity index (χ0) is 10.1. The van der Waals surface area contributed by atoms with Crippen LogP contribution in [-0.4, -0.2) is 24.2 Å². The Bertz CT molecular complexity index is 135. The maximum Gasteiger partial charge on any atom is 0.317 e. The van der Waals surface area contributed by atoms with Crippen LogP contribution in [0.5, 0.6) is 0 Å². The fourth-order valence-corrected chi connectivity index (χ4v) is 1.17. The molecule has 0 radical (unpaired) electrons. The standard InChI is InChI=1S/C10H21NO2/c1-9(2)6-4-3-5-7-11-8-10(12)13/h9,11H,3-8H2,1-2H3,(H,12,13). The van der Waals surface area contributed by atoms with Gasteiger partial charge in [0.15, 0.2) is 0 Å². The van der Waals surface area contributed by atoms with Crippen molar-refractivity contribution in [1.82, 2.24) is 5.32 Å².